The van der Waals surface area contributed by atoms with Crippen LogP contribution in [0.2, 0.25) is 0 Å². The van der Waals surface area contributed by atoms with Gasteiger partial charge in [-0.2, -0.15) is 0 Å². The Bertz CT molecular complexity index is 718. The molecule has 3 aliphatic heterocycles. The van der Waals surface area contributed by atoms with Crippen LogP contribution in [0, 0.1) is 11.3 Å². The van der Waals surface area contributed by atoms with Crippen molar-refractivity contribution in [2.45, 2.75) is 63.8 Å². The van der Waals surface area contributed by atoms with Gasteiger partial charge >= 0.3 is 5.97 Å². The number of ether oxygens (including phenoxy) is 1. The second kappa shape index (κ2) is 8.86. The molecule has 0 unspecified atom stereocenters. The Hall–Kier alpha value is -1.88. The van der Waals surface area contributed by atoms with Crippen molar-refractivity contribution in [3.63, 3.8) is 0 Å². The average Bonchev–Trinajstić information content (AvgIpc) is 2.79. The lowest BCUT2D eigenvalue weighted by Crippen LogP contribution is -2.48. The first kappa shape index (κ1) is 20.4. The third kappa shape index (κ3) is 4.82. The van der Waals surface area contributed by atoms with E-state index in [0.717, 1.165) is 37.7 Å². The van der Waals surface area contributed by atoms with Gasteiger partial charge in [0.25, 0.3) is 5.91 Å². The van der Waals surface area contributed by atoms with Crippen molar-refractivity contribution in [1.29, 1.82) is 0 Å². The lowest BCUT2D eigenvalue weighted by atomic mass is 9.69. The SMILES string of the molecule is COC(=O)C1CCC(NC(=O)c2cccc(CCC34CCN(CC3)CC4)c2)CC1. The van der Waals surface area contributed by atoms with Crippen LogP contribution in [0.1, 0.15) is 67.3 Å². The number of piperidine rings is 3. The van der Waals surface area contributed by atoms with Gasteiger partial charge in [0.05, 0.1) is 13.0 Å². The van der Waals surface area contributed by atoms with Crippen LogP contribution in [0.25, 0.3) is 0 Å². The molecule has 1 aromatic rings. The quantitative estimate of drug-likeness (QED) is 0.745. The zero-order chi connectivity index (χ0) is 20.3. The predicted molar refractivity (Wildman–Crippen MR) is 113 cm³/mol. The van der Waals surface area contributed by atoms with Gasteiger partial charge in [-0.15, -0.1) is 0 Å². The van der Waals surface area contributed by atoms with E-state index >= 15 is 0 Å². The highest BCUT2D eigenvalue weighted by Crippen LogP contribution is 2.43. The first-order valence-corrected chi connectivity index (χ1v) is 11.3. The minimum absolute atomic E-state index is 0.0116. The second-order valence-electron chi connectivity index (χ2n) is 9.34. The van der Waals surface area contributed by atoms with Crippen molar-refractivity contribution >= 4 is 11.9 Å². The Morgan fingerprint density at radius 3 is 2.45 bits per heavy atom. The number of hydrogen-bond donors (Lipinski definition) is 1. The molecule has 1 N–H and O–H groups in total. The number of methoxy groups -OCH3 is 1. The smallest absolute Gasteiger partial charge is 0.308 e. The molecule has 0 spiro atoms. The number of carbonyl (C=O) groups excluding carboxylic acids is 2. The predicted octanol–water partition coefficient (Wildman–Crippen LogP) is 3.57. The Kier molecular flexibility index (Phi) is 6.23. The normalized spacial score (nSPS) is 31.3. The van der Waals surface area contributed by atoms with Gasteiger partial charge in [-0.05, 0) is 101 Å². The Balaban J connectivity index is 1.29. The number of nitrogens with one attached hydrogen (secondary N) is 1. The van der Waals surface area contributed by atoms with Gasteiger partial charge in [0.2, 0.25) is 0 Å². The largest absolute Gasteiger partial charge is 0.469 e. The summed E-state index contributed by atoms with van der Waals surface area (Å²) in [5.41, 5.74) is 2.56. The number of aryl methyl sites for hydroxylation is 1. The average molecular weight is 399 g/mol. The molecular weight excluding hydrogens is 364 g/mol. The van der Waals surface area contributed by atoms with Gasteiger partial charge in [0, 0.05) is 11.6 Å². The fraction of sp³-hybridized carbons (Fsp3) is 0.667. The molecule has 2 bridgehead atoms. The third-order valence-corrected chi connectivity index (χ3v) is 7.61. The van der Waals surface area contributed by atoms with Gasteiger partial charge in [-0.1, -0.05) is 12.1 Å². The van der Waals surface area contributed by atoms with Crippen molar-refractivity contribution in [3.05, 3.63) is 35.4 Å². The zero-order valence-corrected chi connectivity index (χ0v) is 17.6. The van der Waals surface area contributed by atoms with Gasteiger partial charge in [-0.3, -0.25) is 9.59 Å². The van der Waals surface area contributed by atoms with Crippen LogP contribution < -0.4 is 5.32 Å². The molecule has 5 nitrogen and oxygen atoms in total. The molecule has 3 saturated heterocycles. The maximum atomic E-state index is 12.8. The van der Waals surface area contributed by atoms with Gasteiger partial charge in [0.1, 0.15) is 0 Å². The van der Waals surface area contributed by atoms with Crippen LogP contribution in [-0.4, -0.2) is 49.6 Å². The van der Waals surface area contributed by atoms with E-state index in [1.165, 1.54) is 58.0 Å². The number of carbonyl (C=O) groups is 2. The second-order valence-corrected chi connectivity index (χ2v) is 9.34. The third-order valence-electron chi connectivity index (χ3n) is 7.61. The van der Waals surface area contributed by atoms with E-state index in [1.54, 1.807) is 0 Å². The molecule has 1 saturated carbocycles. The monoisotopic (exact) mass is 398 g/mol. The number of esters is 1. The summed E-state index contributed by atoms with van der Waals surface area (Å²) < 4.78 is 4.84. The Labute approximate surface area is 174 Å². The lowest BCUT2D eigenvalue weighted by Gasteiger charge is -2.48. The van der Waals surface area contributed by atoms with Crippen LogP contribution >= 0.6 is 0 Å². The number of benzene rings is 1. The van der Waals surface area contributed by atoms with E-state index in [0.29, 0.717) is 5.41 Å². The highest BCUT2D eigenvalue weighted by Gasteiger charge is 2.38. The van der Waals surface area contributed by atoms with Gasteiger partial charge in [-0.25, -0.2) is 0 Å². The molecule has 3 heterocycles. The summed E-state index contributed by atoms with van der Waals surface area (Å²) in [7, 11) is 1.44. The molecule has 1 amide bonds. The minimum atomic E-state index is -0.120. The molecule has 0 atom stereocenters. The summed E-state index contributed by atoms with van der Waals surface area (Å²) in [6, 6.07) is 8.31. The molecule has 158 valence electrons. The number of hydrogen-bond acceptors (Lipinski definition) is 4. The van der Waals surface area contributed by atoms with Crippen LogP contribution in [0.3, 0.4) is 0 Å². The summed E-state index contributed by atoms with van der Waals surface area (Å²) >= 11 is 0. The maximum Gasteiger partial charge on any atom is 0.308 e. The topological polar surface area (TPSA) is 58.6 Å². The first-order chi connectivity index (χ1) is 14.1. The summed E-state index contributed by atoms with van der Waals surface area (Å²) in [6.45, 7) is 3.79. The standard InChI is InChI=1S/C24H34N2O3/c1-29-23(28)19-5-7-21(8-6-19)25-22(27)20-4-2-3-18(17-20)9-10-24-11-14-26(15-12-24)16-13-24/h2-4,17,19,21H,5-16H2,1H3,(H,25,27). The summed E-state index contributed by atoms with van der Waals surface area (Å²) in [6.07, 6.45) is 9.56. The fourth-order valence-electron chi connectivity index (χ4n) is 5.46. The maximum absolute atomic E-state index is 12.8. The van der Waals surface area contributed by atoms with Crippen molar-refractivity contribution in [3.8, 4) is 0 Å². The molecule has 5 rings (SSSR count). The number of fused-ring (bicyclic) bond motifs is 3. The van der Waals surface area contributed by atoms with E-state index < -0.39 is 0 Å². The molecule has 4 aliphatic rings. The molecule has 1 aliphatic carbocycles. The molecule has 1 aromatic carbocycles. The van der Waals surface area contributed by atoms with E-state index in [9.17, 15) is 9.59 Å². The summed E-state index contributed by atoms with van der Waals surface area (Å²) in [4.78, 5) is 27.0. The molecule has 29 heavy (non-hydrogen) atoms. The fourth-order valence-corrected chi connectivity index (χ4v) is 5.46. The van der Waals surface area contributed by atoms with Crippen LogP contribution in [0.15, 0.2) is 24.3 Å². The Morgan fingerprint density at radius 1 is 1.10 bits per heavy atom. The zero-order valence-electron chi connectivity index (χ0n) is 17.6. The molecule has 5 heteroatoms. The van der Waals surface area contributed by atoms with Gasteiger partial charge < -0.3 is 15.0 Å². The lowest BCUT2D eigenvalue weighted by molar-refractivity contribution is -0.146. The van der Waals surface area contributed by atoms with E-state index in [4.69, 9.17) is 4.74 Å². The summed E-state index contributed by atoms with van der Waals surface area (Å²) in [5, 5.41) is 3.17. The molecule has 0 radical (unpaired) electrons. The van der Waals surface area contributed by atoms with Gasteiger partial charge in [0.15, 0.2) is 0 Å². The number of rotatable bonds is 6. The minimum Gasteiger partial charge on any atom is -0.469 e. The van der Waals surface area contributed by atoms with E-state index in [-0.39, 0.29) is 23.8 Å². The molecular formula is C24H34N2O3. The van der Waals surface area contributed by atoms with E-state index in [1.807, 2.05) is 12.1 Å². The summed E-state index contributed by atoms with van der Waals surface area (Å²) in [5.74, 6) is -0.120. The highest BCUT2D eigenvalue weighted by molar-refractivity contribution is 5.94. The van der Waals surface area contributed by atoms with Crippen molar-refractivity contribution in [1.82, 2.24) is 10.2 Å². The van der Waals surface area contributed by atoms with E-state index in [2.05, 4.69) is 22.3 Å². The highest BCUT2D eigenvalue weighted by atomic mass is 16.5. The first-order valence-electron chi connectivity index (χ1n) is 11.3. The van der Waals surface area contributed by atoms with Crippen LogP contribution in [-0.2, 0) is 16.0 Å². The van der Waals surface area contributed by atoms with Crippen molar-refractivity contribution in [2.75, 3.05) is 26.7 Å². The number of amides is 1. The van der Waals surface area contributed by atoms with Crippen LogP contribution in [0.4, 0.5) is 0 Å². The van der Waals surface area contributed by atoms with Crippen molar-refractivity contribution in [2.24, 2.45) is 11.3 Å². The Morgan fingerprint density at radius 2 is 1.79 bits per heavy atom. The molecule has 4 fully saturated rings. The van der Waals surface area contributed by atoms with Crippen molar-refractivity contribution < 1.29 is 14.3 Å². The number of nitrogens with zero attached hydrogens (tertiary/aromatic N) is 1. The van der Waals surface area contributed by atoms with Crippen LogP contribution in [0.5, 0.6) is 0 Å². The molecule has 0 aromatic heterocycles.